The van der Waals surface area contributed by atoms with Crippen LogP contribution in [0, 0.1) is 17.2 Å². The first-order chi connectivity index (χ1) is 13.7. The Bertz CT molecular complexity index is 690. The number of hydrogen-bond donors (Lipinski definition) is 0. The number of nitriles is 1. The smallest absolute Gasteiger partial charge is 0.349 e. The highest BCUT2D eigenvalue weighted by Crippen LogP contribution is 2.39. The van der Waals surface area contributed by atoms with Gasteiger partial charge >= 0.3 is 5.97 Å². The lowest BCUT2D eigenvalue weighted by molar-refractivity contribution is -0.138. The predicted molar refractivity (Wildman–Crippen MR) is 111 cm³/mol. The van der Waals surface area contributed by atoms with Crippen molar-refractivity contribution in [3.05, 3.63) is 34.6 Å². The third kappa shape index (κ3) is 5.28. The Labute approximate surface area is 169 Å². The zero-order valence-corrected chi connectivity index (χ0v) is 17.3. The number of allylic oxidation sites excluding steroid dienone is 5. The number of ether oxygens (including phenoxy) is 1. The van der Waals surface area contributed by atoms with Gasteiger partial charge in [-0.1, -0.05) is 32.3 Å². The van der Waals surface area contributed by atoms with Crippen molar-refractivity contribution >= 4 is 5.97 Å². The van der Waals surface area contributed by atoms with E-state index in [0.29, 0.717) is 12.5 Å². The fourth-order valence-corrected chi connectivity index (χ4v) is 4.59. The first-order valence-corrected chi connectivity index (χ1v) is 11.2. The van der Waals surface area contributed by atoms with Crippen molar-refractivity contribution in [1.82, 2.24) is 4.90 Å². The van der Waals surface area contributed by atoms with Crippen molar-refractivity contribution in [2.24, 2.45) is 5.92 Å². The molecule has 0 spiro atoms. The van der Waals surface area contributed by atoms with Crippen LogP contribution in [-0.4, -0.2) is 30.6 Å². The third-order valence-corrected chi connectivity index (χ3v) is 6.29. The van der Waals surface area contributed by atoms with Crippen LogP contribution in [0.4, 0.5) is 0 Å². The molecule has 4 nitrogen and oxygen atoms in total. The van der Waals surface area contributed by atoms with E-state index in [1.54, 1.807) is 0 Å². The van der Waals surface area contributed by atoms with Crippen LogP contribution in [0.15, 0.2) is 34.6 Å². The van der Waals surface area contributed by atoms with Gasteiger partial charge in [0.1, 0.15) is 11.6 Å². The van der Waals surface area contributed by atoms with Gasteiger partial charge in [-0.3, -0.25) is 0 Å². The van der Waals surface area contributed by atoms with Gasteiger partial charge in [0.15, 0.2) is 0 Å². The summed E-state index contributed by atoms with van der Waals surface area (Å²) in [5.41, 5.74) is 3.82. The third-order valence-electron chi connectivity index (χ3n) is 6.29. The monoisotopic (exact) mass is 382 g/mol. The van der Waals surface area contributed by atoms with Gasteiger partial charge in [0.25, 0.3) is 0 Å². The first kappa shape index (κ1) is 20.7. The van der Waals surface area contributed by atoms with Gasteiger partial charge in [-0.25, -0.2) is 4.79 Å². The van der Waals surface area contributed by atoms with Crippen LogP contribution in [0.5, 0.6) is 0 Å². The number of piperidine rings is 1. The summed E-state index contributed by atoms with van der Waals surface area (Å²) in [6, 6.07) is 2.12. The molecule has 1 atom stereocenters. The molecule has 3 aliphatic rings. The summed E-state index contributed by atoms with van der Waals surface area (Å²) < 4.78 is 5.37. The number of nitrogens with zero attached hydrogens (tertiary/aromatic N) is 2. The van der Waals surface area contributed by atoms with E-state index in [-0.39, 0.29) is 5.57 Å². The molecular formula is C24H34N2O2. The van der Waals surface area contributed by atoms with E-state index in [4.69, 9.17) is 4.74 Å². The minimum absolute atomic E-state index is 0.208. The summed E-state index contributed by atoms with van der Waals surface area (Å²) in [6.07, 6.45) is 16.8. The molecule has 0 N–H and O–H groups in total. The maximum Gasteiger partial charge on any atom is 0.349 e. The highest BCUT2D eigenvalue weighted by atomic mass is 16.5. The molecule has 4 heteroatoms. The Morgan fingerprint density at radius 3 is 2.68 bits per heavy atom. The lowest BCUT2D eigenvalue weighted by Crippen LogP contribution is -2.31. The molecule has 0 radical (unpaired) electrons. The molecule has 0 aromatic heterocycles. The van der Waals surface area contributed by atoms with E-state index >= 15 is 0 Å². The van der Waals surface area contributed by atoms with Gasteiger partial charge in [0, 0.05) is 18.8 Å². The molecule has 0 bridgehead atoms. The molecule has 0 amide bonds. The molecule has 1 fully saturated rings. The second-order valence-electron chi connectivity index (χ2n) is 8.31. The van der Waals surface area contributed by atoms with Crippen LogP contribution >= 0.6 is 0 Å². The minimum Gasteiger partial charge on any atom is -0.462 e. The number of unbranched alkanes of at least 4 members (excludes halogenated alkanes) is 3. The fraction of sp³-hybridized carbons (Fsp3) is 0.667. The molecule has 0 aromatic carbocycles. The van der Waals surface area contributed by atoms with Gasteiger partial charge in [-0.05, 0) is 74.5 Å². The van der Waals surface area contributed by atoms with Crippen molar-refractivity contribution in [3.8, 4) is 6.07 Å². The average molecular weight is 383 g/mol. The molecule has 1 heterocycles. The zero-order chi connectivity index (χ0) is 19.8. The molecule has 0 aromatic rings. The van der Waals surface area contributed by atoms with Gasteiger partial charge in [0.2, 0.25) is 0 Å². The summed E-state index contributed by atoms with van der Waals surface area (Å²) >= 11 is 0. The van der Waals surface area contributed by atoms with Crippen LogP contribution in [0.2, 0.25) is 0 Å². The van der Waals surface area contributed by atoms with E-state index in [2.05, 4.69) is 30.0 Å². The molecule has 1 saturated heterocycles. The van der Waals surface area contributed by atoms with Crippen molar-refractivity contribution < 1.29 is 9.53 Å². The Morgan fingerprint density at radius 2 is 1.93 bits per heavy atom. The maximum atomic E-state index is 12.4. The maximum absolute atomic E-state index is 12.4. The molecule has 1 unspecified atom stereocenters. The Hall–Kier alpha value is -2.02. The molecule has 1 aliphatic heterocycles. The predicted octanol–water partition coefficient (Wildman–Crippen LogP) is 5.43. The van der Waals surface area contributed by atoms with E-state index in [0.717, 1.165) is 50.5 Å². The largest absolute Gasteiger partial charge is 0.462 e. The second-order valence-corrected chi connectivity index (χ2v) is 8.31. The van der Waals surface area contributed by atoms with E-state index in [1.807, 2.05) is 0 Å². The topological polar surface area (TPSA) is 53.3 Å². The molecule has 152 valence electrons. The van der Waals surface area contributed by atoms with E-state index in [9.17, 15) is 10.1 Å². The van der Waals surface area contributed by atoms with Crippen LogP contribution in [0.3, 0.4) is 0 Å². The van der Waals surface area contributed by atoms with Crippen molar-refractivity contribution in [1.29, 1.82) is 5.26 Å². The molecule has 3 rings (SSSR count). The molecular weight excluding hydrogens is 348 g/mol. The summed E-state index contributed by atoms with van der Waals surface area (Å²) in [5.74, 6) is 0.127. The molecule has 2 aliphatic carbocycles. The standard InChI is InChI=1S/C24H34N2O2/c1-2-3-4-8-15-28-24(27)23(18-25)20-10-9-19-11-12-22(17-21(19)16-20)26-13-6-5-7-14-26/h16-17,19H,2-15H2,1H3/b23-20-. The summed E-state index contributed by atoms with van der Waals surface area (Å²) in [5, 5.41) is 9.58. The highest BCUT2D eigenvalue weighted by molar-refractivity contribution is 5.94. The number of hydrogen-bond acceptors (Lipinski definition) is 4. The van der Waals surface area contributed by atoms with Crippen molar-refractivity contribution in [2.75, 3.05) is 19.7 Å². The molecule has 0 saturated carbocycles. The Balaban J connectivity index is 1.70. The van der Waals surface area contributed by atoms with E-state index in [1.165, 1.54) is 50.0 Å². The lowest BCUT2D eigenvalue weighted by atomic mass is 9.77. The number of carbonyl (C=O) groups is 1. The van der Waals surface area contributed by atoms with Gasteiger partial charge < -0.3 is 9.64 Å². The lowest BCUT2D eigenvalue weighted by Gasteiger charge is -2.36. The summed E-state index contributed by atoms with van der Waals surface area (Å²) in [7, 11) is 0. The summed E-state index contributed by atoms with van der Waals surface area (Å²) in [6.45, 7) is 4.90. The number of esters is 1. The van der Waals surface area contributed by atoms with Crippen LogP contribution < -0.4 is 0 Å². The second kappa shape index (κ2) is 10.5. The average Bonchev–Trinajstić information content (AvgIpc) is 2.74. The van der Waals surface area contributed by atoms with Crippen LogP contribution in [0.25, 0.3) is 0 Å². The van der Waals surface area contributed by atoms with Crippen LogP contribution in [-0.2, 0) is 9.53 Å². The number of rotatable bonds is 7. The van der Waals surface area contributed by atoms with Crippen molar-refractivity contribution in [3.63, 3.8) is 0 Å². The first-order valence-electron chi connectivity index (χ1n) is 11.2. The minimum atomic E-state index is -0.444. The molecule has 28 heavy (non-hydrogen) atoms. The summed E-state index contributed by atoms with van der Waals surface area (Å²) in [4.78, 5) is 15.0. The van der Waals surface area contributed by atoms with Crippen molar-refractivity contribution in [2.45, 2.75) is 77.6 Å². The van der Waals surface area contributed by atoms with Gasteiger partial charge in [0.05, 0.1) is 6.61 Å². The Kier molecular flexibility index (Phi) is 7.77. The fourth-order valence-electron chi connectivity index (χ4n) is 4.59. The number of fused-ring (bicyclic) bond motifs is 1. The quantitative estimate of drug-likeness (QED) is 0.255. The highest BCUT2D eigenvalue weighted by Gasteiger charge is 2.27. The Morgan fingerprint density at radius 1 is 1.14 bits per heavy atom. The zero-order valence-electron chi connectivity index (χ0n) is 17.3. The normalized spacial score (nSPS) is 23.9. The van der Waals surface area contributed by atoms with Crippen LogP contribution in [0.1, 0.15) is 77.6 Å². The number of carbonyl (C=O) groups excluding carboxylic acids is 1. The SMILES string of the molecule is CCCCCCOC(=O)/C(C#N)=C1\C=C2C=C(N3CCCCC3)CCC2CC1. The van der Waals surface area contributed by atoms with Gasteiger partial charge in [-0.15, -0.1) is 0 Å². The number of likely N-dealkylation sites (tertiary alicyclic amines) is 1. The van der Waals surface area contributed by atoms with Gasteiger partial charge in [-0.2, -0.15) is 5.26 Å². The van der Waals surface area contributed by atoms with E-state index < -0.39 is 5.97 Å².